The van der Waals surface area contributed by atoms with Gasteiger partial charge in [-0.15, -0.1) is 0 Å². The van der Waals surface area contributed by atoms with Gasteiger partial charge in [0.2, 0.25) is 0 Å². The van der Waals surface area contributed by atoms with Crippen molar-refractivity contribution in [2.24, 2.45) is 11.8 Å². The smallest absolute Gasteiger partial charge is 0.251 e. The van der Waals surface area contributed by atoms with E-state index in [4.69, 9.17) is 0 Å². The Morgan fingerprint density at radius 3 is 2.74 bits per heavy atom. The monoisotopic (exact) mass is 260 g/mol. The molecule has 2 N–H and O–H groups in total. The van der Waals surface area contributed by atoms with Crippen LogP contribution >= 0.6 is 0 Å². The Labute approximate surface area is 115 Å². The molecule has 104 valence electrons. The van der Waals surface area contributed by atoms with Gasteiger partial charge in [0.15, 0.2) is 0 Å². The third kappa shape index (κ3) is 3.28. The number of benzene rings is 1. The zero-order valence-corrected chi connectivity index (χ0v) is 12.1. The number of aryl methyl sites for hydroxylation is 1. The van der Waals surface area contributed by atoms with Crippen molar-refractivity contribution in [3.63, 3.8) is 0 Å². The van der Waals surface area contributed by atoms with Crippen LogP contribution in [0.2, 0.25) is 0 Å². The van der Waals surface area contributed by atoms with Crippen LogP contribution in [-0.4, -0.2) is 19.5 Å². The summed E-state index contributed by atoms with van der Waals surface area (Å²) in [4.78, 5) is 12.1. The zero-order valence-electron chi connectivity index (χ0n) is 12.1. The van der Waals surface area contributed by atoms with Crippen molar-refractivity contribution in [1.29, 1.82) is 0 Å². The summed E-state index contributed by atoms with van der Waals surface area (Å²) in [7, 11) is 1.89. The van der Waals surface area contributed by atoms with E-state index in [1.54, 1.807) is 0 Å². The molecule has 3 heteroatoms. The Bertz CT molecular complexity index is 456. The Hall–Kier alpha value is -1.51. The van der Waals surface area contributed by atoms with Crippen molar-refractivity contribution in [3.05, 3.63) is 29.3 Å². The molecule has 2 rings (SSSR count). The summed E-state index contributed by atoms with van der Waals surface area (Å²) in [5, 5.41) is 6.19. The molecule has 0 aromatic heterocycles. The van der Waals surface area contributed by atoms with Crippen LogP contribution in [0.5, 0.6) is 0 Å². The first-order valence-corrected chi connectivity index (χ1v) is 7.18. The third-order valence-corrected chi connectivity index (χ3v) is 4.32. The molecule has 0 radical (unpaired) electrons. The third-order valence-electron chi connectivity index (χ3n) is 4.32. The number of carbonyl (C=O) groups excluding carboxylic acids is 1. The zero-order chi connectivity index (χ0) is 13.8. The quantitative estimate of drug-likeness (QED) is 0.873. The van der Waals surface area contributed by atoms with Crippen molar-refractivity contribution in [2.75, 3.05) is 18.9 Å². The maximum Gasteiger partial charge on any atom is 0.251 e. The van der Waals surface area contributed by atoms with Crippen LogP contribution in [0, 0.1) is 18.8 Å². The van der Waals surface area contributed by atoms with E-state index >= 15 is 0 Å². The van der Waals surface area contributed by atoms with Gasteiger partial charge in [-0.3, -0.25) is 4.79 Å². The molecule has 2 atom stereocenters. The van der Waals surface area contributed by atoms with E-state index in [0.717, 1.165) is 29.3 Å². The van der Waals surface area contributed by atoms with Crippen LogP contribution in [0.3, 0.4) is 0 Å². The van der Waals surface area contributed by atoms with Gasteiger partial charge in [-0.05, 0) is 48.9 Å². The largest absolute Gasteiger partial charge is 0.388 e. The second kappa shape index (κ2) is 6.09. The lowest BCUT2D eigenvalue weighted by molar-refractivity contribution is 0.0944. The summed E-state index contributed by atoms with van der Waals surface area (Å²) in [5.74, 6) is 1.44. The first-order chi connectivity index (χ1) is 9.11. The Morgan fingerprint density at radius 2 is 2.16 bits per heavy atom. The van der Waals surface area contributed by atoms with Crippen molar-refractivity contribution in [2.45, 2.75) is 33.1 Å². The number of rotatable bonds is 4. The molecule has 0 aliphatic heterocycles. The average Bonchev–Trinajstić information content (AvgIpc) is 2.81. The summed E-state index contributed by atoms with van der Waals surface area (Å²) >= 11 is 0. The van der Waals surface area contributed by atoms with E-state index in [1.165, 1.54) is 19.3 Å². The molecular formula is C16H24N2O. The molecule has 0 heterocycles. The summed E-state index contributed by atoms with van der Waals surface area (Å²) in [6.07, 6.45) is 3.85. The van der Waals surface area contributed by atoms with Crippen LogP contribution in [0.25, 0.3) is 0 Å². The molecule has 1 aliphatic carbocycles. The van der Waals surface area contributed by atoms with Gasteiger partial charge in [0.1, 0.15) is 0 Å². The van der Waals surface area contributed by atoms with Crippen molar-refractivity contribution in [3.8, 4) is 0 Å². The first kappa shape index (κ1) is 13.9. The van der Waals surface area contributed by atoms with Crippen LogP contribution in [-0.2, 0) is 0 Å². The summed E-state index contributed by atoms with van der Waals surface area (Å²) < 4.78 is 0. The van der Waals surface area contributed by atoms with Crippen molar-refractivity contribution < 1.29 is 4.79 Å². The molecule has 0 spiro atoms. The lowest BCUT2D eigenvalue weighted by Gasteiger charge is -2.16. The molecule has 1 saturated carbocycles. The fraction of sp³-hybridized carbons (Fsp3) is 0.562. The number of nitrogens with one attached hydrogen (secondary N) is 2. The summed E-state index contributed by atoms with van der Waals surface area (Å²) in [5.41, 5.74) is 2.92. The highest BCUT2D eigenvalue weighted by Crippen LogP contribution is 2.30. The first-order valence-electron chi connectivity index (χ1n) is 7.18. The SMILES string of the molecule is CNc1ccc(C(=O)NCC2CCCC2C)cc1C. The van der Waals surface area contributed by atoms with Gasteiger partial charge in [-0.1, -0.05) is 19.8 Å². The Balaban J connectivity index is 1.94. The van der Waals surface area contributed by atoms with Crippen LogP contribution < -0.4 is 10.6 Å². The number of anilines is 1. The fourth-order valence-corrected chi connectivity index (χ4v) is 2.94. The lowest BCUT2D eigenvalue weighted by atomic mass is 9.98. The second-order valence-corrected chi connectivity index (χ2v) is 5.66. The summed E-state index contributed by atoms with van der Waals surface area (Å²) in [6, 6.07) is 5.79. The molecule has 1 fully saturated rings. The van der Waals surface area contributed by atoms with Gasteiger partial charge in [0, 0.05) is 24.8 Å². The normalized spacial score (nSPS) is 22.3. The Morgan fingerprint density at radius 1 is 1.37 bits per heavy atom. The van der Waals surface area contributed by atoms with Crippen LogP contribution in [0.1, 0.15) is 42.1 Å². The van der Waals surface area contributed by atoms with Crippen molar-refractivity contribution >= 4 is 11.6 Å². The van der Waals surface area contributed by atoms with E-state index in [0.29, 0.717) is 5.92 Å². The molecule has 2 unspecified atom stereocenters. The molecule has 1 aromatic carbocycles. The molecule has 0 bridgehead atoms. The lowest BCUT2D eigenvalue weighted by Crippen LogP contribution is -2.30. The molecular weight excluding hydrogens is 236 g/mol. The minimum atomic E-state index is 0.0462. The minimum Gasteiger partial charge on any atom is -0.388 e. The fourth-order valence-electron chi connectivity index (χ4n) is 2.94. The number of amides is 1. The van der Waals surface area contributed by atoms with Crippen LogP contribution in [0.4, 0.5) is 5.69 Å². The van der Waals surface area contributed by atoms with Gasteiger partial charge < -0.3 is 10.6 Å². The number of hydrogen-bond acceptors (Lipinski definition) is 2. The highest BCUT2D eigenvalue weighted by atomic mass is 16.1. The molecule has 1 amide bonds. The van der Waals surface area contributed by atoms with E-state index in [-0.39, 0.29) is 5.91 Å². The highest BCUT2D eigenvalue weighted by Gasteiger charge is 2.23. The minimum absolute atomic E-state index is 0.0462. The Kier molecular flexibility index (Phi) is 4.46. The van der Waals surface area contributed by atoms with Crippen molar-refractivity contribution in [1.82, 2.24) is 5.32 Å². The standard InChI is InChI=1S/C16H24N2O/c1-11-5-4-6-14(11)10-18-16(19)13-7-8-15(17-3)12(2)9-13/h7-9,11,14,17H,4-6,10H2,1-3H3,(H,18,19). The molecule has 0 saturated heterocycles. The number of carbonyl (C=O) groups is 1. The predicted molar refractivity (Wildman–Crippen MR) is 79.6 cm³/mol. The maximum atomic E-state index is 12.1. The topological polar surface area (TPSA) is 41.1 Å². The highest BCUT2D eigenvalue weighted by molar-refractivity contribution is 5.94. The van der Waals surface area contributed by atoms with E-state index in [1.807, 2.05) is 32.2 Å². The van der Waals surface area contributed by atoms with Gasteiger partial charge in [-0.25, -0.2) is 0 Å². The van der Waals surface area contributed by atoms with Gasteiger partial charge >= 0.3 is 0 Å². The van der Waals surface area contributed by atoms with E-state index < -0.39 is 0 Å². The van der Waals surface area contributed by atoms with E-state index in [2.05, 4.69) is 17.6 Å². The molecule has 1 aliphatic rings. The molecule has 3 nitrogen and oxygen atoms in total. The average molecular weight is 260 g/mol. The maximum absolute atomic E-state index is 12.1. The predicted octanol–water partition coefficient (Wildman–Crippen LogP) is 3.20. The second-order valence-electron chi connectivity index (χ2n) is 5.66. The van der Waals surface area contributed by atoms with E-state index in [9.17, 15) is 4.79 Å². The number of hydrogen-bond donors (Lipinski definition) is 2. The van der Waals surface area contributed by atoms with Gasteiger partial charge in [0.05, 0.1) is 0 Å². The van der Waals surface area contributed by atoms with Gasteiger partial charge in [0.25, 0.3) is 5.91 Å². The van der Waals surface area contributed by atoms with Gasteiger partial charge in [-0.2, -0.15) is 0 Å². The molecule has 19 heavy (non-hydrogen) atoms. The molecule has 1 aromatic rings. The van der Waals surface area contributed by atoms with Crippen LogP contribution in [0.15, 0.2) is 18.2 Å². The summed E-state index contributed by atoms with van der Waals surface area (Å²) in [6.45, 7) is 5.12.